The highest BCUT2D eigenvalue weighted by molar-refractivity contribution is 5.93. The fourth-order valence-electron chi connectivity index (χ4n) is 3.29. The number of halogens is 6. The van der Waals surface area contributed by atoms with E-state index in [-0.39, 0.29) is 5.75 Å². The molecule has 0 aromatic heterocycles. The molecule has 0 aliphatic carbocycles. The molecule has 4 aromatic carbocycles. The van der Waals surface area contributed by atoms with E-state index in [1.54, 1.807) is 24.3 Å². The summed E-state index contributed by atoms with van der Waals surface area (Å²) in [6.45, 7) is 0.923. The maximum absolute atomic E-state index is 14.5. The largest absolute Gasteiger partial charge is 0.497 e. The molecule has 4 rings (SSSR count). The van der Waals surface area contributed by atoms with Crippen LogP contribution in [0.3, 0.4) is 0 Å². The number of ether oxygens (including phenoxy) is 2. The highest BCUT2D eigenvalue weighted by atomic mass is 19.2. The van der Waals surface area contributed by atoms with Gasteiger partial charge in [0.15, 0.2) is 34.8 Å². The predicted octanol–water partition coefficient (Wildman–Crippen LogP) is 6.94. The van der Waals surface area contributed by atoms with Crippen molar-refractivity contribution in [3.05, 3.63) is 76.9 Å². The van der Waals surface area contributed by atoms with Crippen LogP contribution in [0.4, 0.5) is 26.3 Å². The van der Waals surface area contributed by atoms with Gasteiger partial charge < -0.3 is 9.47 Å². The standard InChI is InChI=1S/C22H12F6O2/c1-9-14-15(18(25)19(26)16(9)23)22(21(28)20(27)17(14)24)30-13-6-4-10-3-5-12(29-2)7-11(10)8-13/h3-8H,1-2H3. The van der Waals surface area contributed by atoms with Crippen molar-refractivity contribution >= 4 is 21.5 Å². The highest BCUT2D eigenvalue weighted by Crippen LogP contribution is 2.41. The number of benzene rings is 4. The van der Waals surface area contributed by atoms with Crippen LogP contribution in [0.5, 0.6) is 17.2 Å². The molecule has 0 N–H and O–H groups in total. The van der Waals surface area contributed by atoms with E-state index in [4.69, 9.17) is 9.47 Å². The van der Waals surface area contributed by atoms with Crippen LogP contribution in [0.15, 0.2) is 36.4 Å². The van der Waals surface area contributed by atoms with Gasteiger partial charge in [-0.25, -0.2) is 22.0 Å². The van der Waals surface area contributed by atoms with Crippen molar-refractivity contribution < 1.29 is 35.8 Å². The zero-order valence-electron chi connectivity index (χ0n) is 15.5. The van der Waals surface area contributed by atoms with Gasteiger partial charge in [-0.15, -0.1) is 0 Å². The van der Waals surface area contributed by atoms with Crippen molar-refractivity contribution in [1.82, 2.24) is 0 Å². The molecule has 0 atom stereocenters. The van der Waals surface area contributed by atoms with Crippen LogP contribution in [0.25, 0.3) is 21.5 Å². The number of hydrogen-bond acceptors (Lipinski definition) is 2. The van der Waals surface area contributed by atoms with E-state index < -0.39 is 57.0 Å². The Morgan fingerprint density at radius 2 is 1.17 bits per heavy atom. The molecule has 154 valence electrons. The first-order valence-electron chi connectivity index (χ1n) is 8.63. The Hall–Kier alpha value is -3.42. The zero-order valence-corrected chi connectivity index (χ0v) is 15.5. The molecule has 0 radical (unpaired) electrons. The Morgan fingerprint density at radius 3 is 1.83 bits per heavy atom. The molecule has 0 amide bonds. The molecule has 0 aliphatic heterocycles. The molecule has 0 aliphatic rings. The minimum atomic E-state index is -1.99. The summed E-state index contributed by atoms with van der Waals surface area (Å²) >= 11 is 0. The maximum Gasteiger partial charge on any atom is 0.205 e. The fraction of sp³-hybridized carbons (Fsp3) is 0.0909. The lowest BCUT2D eigenvalue weighted by molar-refractivity contribution is 0.396. The lowest BCUT2D eigenvalue weighted by atomic mass is 10.0. The molecule has 4 aromatic rings. The van der Waals surface area contributed by atoms with E-state index in [0.29, 0.717) is 11.1 Å². The van der Waals surface area contributed by atoms with Gasteiger partial charge in [-0.3, -0.25) is 0 Å². The van der Waals surface area contributed by atoms with Gasteiger partial charge in [0, 0.05) is 5.39 Å². The molecule has 0 heterocycles. The molecule has 30 heavy (non-hydrogen) atoms. The lowest BCUT2D eigenvalue weighted by Gasteiger charge is -2.15. The van der Waals surface area contributed by atoms with Crippen molar-refractivity contribution in [3.63, 3.8) is 0 Å². The van der Waals surface area contributed by atoms with Crippen LogP contribution in [0.2, 0.25) is 0 Å². The molecule has 0 spiro atoms. The first kappa shape index (κ1) is 19.9. The lowest BCUT2D eigenvalue weighted by Crippen LogP contribution is -2.05. The first-order valence-corrected chi connectivity index (χ1v) is 8.63. The van der Waals surface area contributed by atoms with Crippen LogP contribution < -0.4 is 9.47 Å². The second-order valence-electron chi connectivity index (χ2n) is 6.56. The molecular weight excluding hydrogens is 410 g/mol. The monoisotopic (exact) mass is 422 g/mol. The summed E-state index contributed by atoms with van der Waals surface area (Å²) in [4.78, 5) is 0. The number of methoxy groups -OCH3 is 1. The van der Waals surface area contributed by atoms with Crippen LogP contribution >= 0.6 is 0 Å². The summed E-state index contributed by atoms with van der Waals surface area (Å²) < 4.78 is 95.7. The number of aryl methyl sites for hydroxylation is 1. The third kappa shape index (κ3) is 2.91. The van der Waals surface area contributed by atoms with Crippen LogP contribution in [-0.2, 0) is 0 Å². The Morgan fingerprint density at radius 1 is 0.600 bits per heavy atom. The second kappa shape index (κ2) is 7.12. The maximum atomic E-state index is 14.5. The topological polar surface area (TPSA) is 18.5 Å². The summed E-state index contributed by atoms with van der Waals surface area (Å²) in [6, 6.07) is 9.49. The van der Waals surface area contributed by atoms with E-state index in [0.717, 1.165) is 12.3 Å². The molecule has 0 fully saturated rings. The second-order valence-corrected chi connectivity index (χ2v) is 6.56. The van der Waals surface area contributed by atoms with Crippen molar-refractivity contribution in [2.45, 2.75) is 6.92 Å². The average Bonchev–Trinajstić information content (AvgIpc) is 2.75. The highest BCUT2D eigenvalue weighted by Gasteiger charge is 2.30. The minimum absolute atomic E-state index is 0.0660. The molecule has 8 heteroatoms. The third-order valence-electron chi connectivity index (χ3n) is 4.83. The molecule has 0 saturated carbocycles. The summed E-state index contributed by atoms with van der Waals surface area (Å²) in [6.07, 6.45) is 0. The van der Waals surface area contributed by atoms with E-state index in [1.807, 2.05) is 0 Å². The van der Waals surface area contributed by atoms with Crippen LogP contribution in [0.1, 0.15) is 5.56 Å². The van der Waals surface area contributed by atoms with Gasteiger partial charge in [-0.2, -0.15) is 4.39 Å². The van der Waals surface area contributed by atoms with Gasteiger partial charge in [0.05, 0.1) is 12.5 Å². The van der Waals surface area contributed by atoms with E-state index in [2.05, 4.69) is 0 Å². The van der Waals surface area contributed by atoms with E-state index in [1.165, 1.54) is 19.2 Å². The summed E-state index contributed by atoms with van der Waals surface area (Å²) in [5.41, 5.74) is -0.714. The smallest absolute Gasteiger partial charge is 0.205 e. The summed E-state index contributed by atoms with van der Waals surface area (Å²) in [5, 5.41) is -0.627. The SMILES string of the molecule is COc1ccc2ccc(Oc3c(F)c(F)c(F)c4c(C)c(F)c(F)c(F)c34)cc2c1. The van der Waals surface area contributed by atoms with E-state index in [9.17, 15) is 26.3 Å². The fourth-order valence-corrected chi connectivity index (χ4v) is 3.29. The van der Waals surface area contributed by atoms with Gasteiger partial charge >= 0.3 is 0 Å². The predicted molar refractivity (Wildman–Crippen MR) is 99.0 cm³/mol. The van der Waals surface area contributed by atoms with Crippen molar-refractivity contribution in [2.75, 3.05) is 7.11 Å². The number of fused-ring (bicyclic) bond motifs is 2. The Balaban J connectivity index is 1.98. The molecule has 0 unspecified atom stereocenters. The summed E-state index contributed by atoms with van der Waals surface area (Å²) in [7, 11) is 1.46. The van der Waals surface area contributed by atoms with Gasteiger partial charge in [0.2, 0.25) is 5.82 Å². The van der Waals surface area contributed by atoms with Gasteiger partial charge in [-0.1, -0.05) is 12.1 Å². The van der Waals surface area contributed by atoms with Gasteiger partial charge in [0.25, 0.3) is 0 Å². The Bertz CT molecular complexity index is 1330. The third-order valence-corrected chi connectivity index (χ3v) is 4.83. The quantitative estimate of drug-likeness (QED) is 0.263. The Labute approximate surface area is 166 Å². The average molecular weight is 422 g/mol. The minimum Gasteiger partial charge on any atom is -0.497 e. The van der Waals surface area contributed by atoms with Crippen molar-refractivity contribution in [3.8, 4) is 17.2 Å². The molecule has 0 saturated heterocycles. The van der Waals surface area contributed by atoms with Crippen LogP contribution in [-0.4, -0.2) is 7.11 Å². The van der Waals surface area contributed by atoms with Gasteiger partial charge in [-0.05, 0) is 47.5 Å². The van der Waals surface area contributed by atoms with Crippen molar-refractivity contribution in [1.29, 1.82) is 0 Å². The molecule has 2 nitrogen and oxygen atoms in total. The number of rotatable bonds is 3. The number of hydrogen-bond donors (Lipinski definition) is 0. The van der Waals surface area contributed by atoms with Gasteiger partial charge in [0.1, 0.15) is 11.5 Å². The van der Waals surface area contributed by atoms with Crippen LogP contribution in [0, 0.1) is 41.8 Å². The van der Waals surface area contributed by atoms with E-state index >= 15 is 0 Å². The molecular formula is C22H12F6O2. The first-order chi connectivity index (χ1) is 14.2. The Kier molecular flexibility index (Phi) is 4.72. The summed E-state index contributed by atoms with van der Waals surface area (Å²) in [5.74, 6) is -11.9. The van der Waals surface area contributed by atoms with Crippen molar-refractivity contribution in [2.24, 2.45) is 0 Å². The normalized spacial score (nSPS) is 11.3. The molecule has 0 bridgehead atoms. The zero-order chi connectivity index (χ0) is 21.7.